The highest BCUT2D eigenvalue weighted by atomic mass is 16.5. The van der Waals surface area contributed by atoms with Crippen molar-refractivity contribution in [3.05, 3.63) is 59.2 Å². The van der Waals surface area contributed by atoms with Crippen LogP contribution in [0, 0.1) is 6.92 Å². The van der Waals surface area contributed by atoms with Crippen molar-refractivity contribution in [1.29, 1.82) is 0 Å². The molecule has 0 bridgehead atoms. The lowest BCUT2D eigenvalue weighted by molar-refractivity contribution is -0.129. The largest absolute Gasteiger partial charge is 0.507 e. The normalized spacial score (nSPS) is 11.5. The minimum atomic E-state index is -0.980. The Morgan fingerprint density at radius 3 is 2.44 bits per heavy atom. The van der Waals surface area contributed by atoms with Crippen molar-refractivity contribution in [2.75, 3.05) is 7.11 Å². The monoisotopic (exact) mass is 343 g/mol. The molecule has 1 atom stereocenters. The van der Waals surface area contributed by atoms with Crippen molar-refractivity contribution in [2.45, 2.75) is 26.5 Å². The molecule has 0 fully saturated rings. The van der Waals surface area contributed by atoms with E-state index in [1.54, 1.807) is 32.2 Å². The summed E-state index contributed by atoms with van der Waals surface area (Å²) in [5.41, 5.74) is 1.74. The molecule has 2 aromatic carbocycles. The van der Waals surface area contributed by atoms with Gasteiger partial charge in [-0.2, -0.15) is 0 Å². The van der Waals surface area contributed by atoms with Gasteiger partial charge in [0.05, 0.1) is 7.11 Å². The molecule has 2 aromatic rings. The summed E-state index contributed by atoms with van der Waals surface area (Å²) in [6, 6.07) is 11.9. The van der Waals surface area contributed by atoms with E-state index in [-0.39, 0.29) is 11.3 Å². The molecule has 0 spiro atoms. The van der Waals surface area contributed by atoms with Crippen molar-refractivity contribution in [2.24, 2.45) is 0 Å². The molecule has 6 heteroatoms. The third kappa shape index (κ3) is 4.97. The Labute approximate surface area is 146 Å². The van der Waals surface area contributed by atoms with Crippen LogP contribution in [0.1, 0.15) is 28.4 Å². The van der Waals surface area contributed by atoms with Crippen LogP contribution < -0.4 is 10.1 Å². The summed E-state index contributed by atoms with van der Waals surface area (Å²) in [5, 5.41) is 12.5. The fourth-order valence-corrected chi connectivity index (χ4v) is 2.17. The number of hydrogen-bond acceptors (Lipinski definition) is 5. The quantitative estimate of drug-likeness (QED) is 0.788. The predicted molar refractivity (Wildman–Crippen MR) is 92.6 cm³/mol. The Bertz CT molecular complexity index is 755. The van der Waals surface area contributed by atoms with Crippen LogP contribution in [0.3, 0.4) is 0 Å². The van der Waals surface area contributed by atoms with E-state index in [9.17, 15) is 14.7 Å². The number of hydrogen-bond donors (Lipinski definition) is 2. The topological polar surface area (TPSA) is 84.9 Å². The molecule has 0 aliphatic carbocycles. The lowest BCUT2D eigenvalue weighted by Crippen LogP contribution is -2.35. The van der Waals surface area contributed by atoms with Gasteiger partial charge in [-0.1, -0.05) is 18.2 Å². The van der Waals surface area contributed by atoms with Crippen molar-refractivity contribution in [1.82, 2.24) is 5.32 Å². The van der Waals surface area contributed by atoms with E-state index in [0.29, 0.717) is 6.54 Å². The average Bonchev–Trinajstić information content (AvgIpc) is 2.59. The maximum Gasteiger partial charge on any atom is 0.342 e. The Hall–Kier alpha value is -3.02. The lowest BCUT2D eigenvalue weighted by Gasteiger charge is -2.14. The molecular weight excluding hydrogens is 322 g/mol. The van der Waals surface area contributed by atoms with Gasteiger partial charge in [-0.3, -0.25) is 4.79 Å². The number of phenols is 1. The van der Waals surface area contributed by atoms with Crippen LogP contribution in [0.5, 0.6) is 11.5 Å². The van der Waals surface area contributed by atoms with Crippen molar-refractivity contribution < 1.29 is 24.2 Å². The Kier molecular flexibility index (Phi) is 6.00. The summed E-state index contributed by atoms with van der Waals surface area (Å²) in [5.74, 6) is -0.605. The number of rotatable bonds is 6. The number of esters is 1. The molecule has 0 aromatic heterocycles. The lowest BCUT2D eigenvalue weighted by atomic mass is 10.1. The number of aryl methyl sites for hydroxylation is 1. The smallest absolute Gasteiger partial charge is 0.342 e. The highest BCUT2D eigenvalue weighted by Crippen LogP contribution is 2.20. The van der Waals surface area contributed by atoms with Gasteiger partial charge < -0.3 is 19.9 Å². The summed E-state index contributed by atoms with van der Waals surface area (Å²) >= 11 is 0. The third-order valence-corrected chi connectivity index (χ3v) is 3.65. The highest BCUT2D eigenvalue weighted by molar-refractivity contribution is 5.94. The minimum absolute atomic E-state index is 0.0282. The number of phenolic OH excluding ortho intramolecular Hbond substituents is 1. The van der Waals surface area contributed by atoms with E-state index in [4.69, 9.17) is 9.47 Å². The van der Waals surface area contributed by atoms with E-state index in [1.807, 2.05) is 12.1 Å². The minimum Gasteiger partial charge on any atom is -0.507 e. The molecule has 0 radical (unpaired) electrons. The van der Waals surface area contributed by atoms with E-state index < -0.39 is 18.0 Å². The van der Waals surface area contributed by atoms with Gasteiger partial charge in [-0.15, -0.1) is 0 Å². The van der Waals surface area contributed by atoms with Gasteiger partial charge in [-0.05, 0) is 49.2 Å². The second-order valence-electron chi connectivity index (χ2n) is 5.63. The highest BCUT2D eigenvalue weighted by Gasteiger charge is 2.20. The number of nitrogens with one attached hydrogen (secondary N) is 1. The van der Waals surface area contributed by atoms with Crippen LogP contribution in [0.4, 0.5) is 0 Å². The number of carbonyl (C=O) groups is 2. The van der Waals surface area contributed by atoms with Crippen LogP contribution in [-0.4, -0.2) is 30.2 Å². The zero-order valence-corrected chi connectivity index (χ0v) is 14.4. The van der Waals surface area contributed by atoms with Crippen LogP contribution in [0.2, 0.25) is 0 Å². The molecule has 2 N–H and O–H groups in total. The molecule has 2 rings (SSSR count). The Morgan fingerprint density at radius 2 is 1.84 bits per heavy atom. The standard InChI is InChI=1S/C19H21NO5/c1-12-4-9-16(17(21)10-12)19(23)25-13(2)18(22)20-11-14-5-7-15(24-3)8-6-14/h4-10,13,21H,11H2,1-3H3,(H,20,22)/t13-/m1/s1. The molecule has 132 valence electrons. The van der Waals surface area contributed by atoms with Crippen LogP contribution >= 0.6 is 0 Å². The first-order valence-corrected chi connectivity index (χ1v) is 7.82. The SMILES string of the molecule is COc1ccc(CNC(=O)[C@@H](C)OC(=O)c2ccc(C)cc2O)cc1. The average molecular weight is 343 g/mol. The fraction of sp³-hybridized carbons (Fsp3) is 0.263. The first kappa shape index (κ1) is 18.3. The van der Waals surface area contributed by atoms with Crippen LogP contribution in [0.25, 0.3) is 0 Å². The number of benzene rings is 2. The molecule has 0 saturated heterocycles. The maximum atomic E-state index is 12.1. The zero-order valence-electron chi connectivity index (χ0n) is 14.4. The number of aromatic hydroxyl groups is 1. The summed E-state index contributed by atoms with van der Waals surface area (Å²) in [7, 11) is 1.58. The molecule has 1 amide bonds. The van der Waals surface area contributed by atoms with Gasteiger partial charge in [0.15, 0.2) is 6.10 Å². The molecule has 25 heavy (non-hydrogen) atoms. The number of ether oxygens (including phenoxy) is 2. The van der Waals surface area contributed by atoms with Crippen molar-refractivity contribution in [3.8, 4) is 11.5 Å². The maximum absolute atomic E-state index is 12.1. The Balaban J connectivity index is 1.89. The van der Waals surface area contributed by atoms with Gasteiger partial charge in [0.1, 0.15) is 17.1 Å². The van der Waals surface area contributed by atoms with Gasteiger partial charge >= 0.3 is 5.97 Å². The van der Waals surface area contributed by atoms with Gasteiger partial charge in [-0.25, -0.2) is 4.79 Å². The summed E-state index contributed by atoms with van der Waals surface area (Å²) in [6.45, 7) is 3.58. The van der Waals surface area contributed by atoms with E-state index >= 15 is 0 Å². The Morgan fingerprint density at radius 1 is 1.16 bits per heavy atom. The number of amides is 1. The molecule has 0 saturated carbocycles. The van der Waals surface area contributed by atoms with Gasteiger partial charge in [0.25, 0.3) is 5.91 Å². The van der Waals surface area contributed by atoms with E-state index in [0.717, 1.165) is 16.9 Å². The van der Waals surface area contributed by atoms with Crippen LogP contribution in [-0.2, 0) is 16.1 Å². The fourth-order valence-electron chi connectivity index (χ4n) is 2.17. The van der Waals surface area contributed by atoms with Crippen LogP contribution in [0.15, 0.2) is 42.5 Å². The van der Waals surface area contributed by atoms with Gasteiger partial charge in [0.2, 0.25) is 0 Å². The molecule has 0 heterocycles. The summed E-state index contributed by atoms with van der Waals surface area (Å²) in [4.78, 5) is 24.1. The second-order valence-corrected chi connectivity index (χ2v) is 5.63. The van der Waals surface area contributed by atoms with E-state index in [1.165, 1.54) is 19.1 Å². The number of carbonyl (C=O) groups excluding carboxylic acids is 2. The van der Waals surface area contributed by atoms with Crippen molar-refractivity contribution in [3.63, 3.8) is 0 Å². The summed E-state index contributed by atoms with van der Waals surface area (Å²) in [6.07, 6.45) is -0.980. The first-order valence-electron chi connectivity index (χ1n) is 7.82. The third-order valence-electron chi connectivity index (χ3n) is 3.65. The molecule has 0 aliphatic rings. The van der Waals surface area contributed by atoms with Crippen molar-refractivity contribution >= 4 is 11.9 Å². The first-order chi connectivity index (χ1) is 11.9. The molecule has 0 aliphatic heterocycles. The number of methoxy groups -OCH3 is 1. The summed E-state index contributed by atoms with van der Waals surface area (Å²) < 4.78 is 10.2. The van der Waals surface area contributed by atoms with Gasteiger partial charge in [0, 0.05) is 6.54 Å². The molecule has 6 nitrogen and oxygen atoms in total. The molecule has 0 unspecified atom stereocenters. The zero-order chi connectivity index (χ0) is 18.4. The second kappa shape index (κ2) is 8.19. The molecular formula is C19H21NO5. The predicted octanol–water partition coefficient (Wildman–Crippen LogP) is 2.57. The van der Waals surface area contributed by atoms with E-state index in [2.05, 4.69) is 5.32 Å².